The van der Waals surface area contributed by atoms with E-state index in [2.05, 4.69) is 5.10 Å². The summed E-state index contributed by atoms with van der Waals surface area (Å²) in [7, 11) is 0. The number of aromatic nitrogens is 2. The van der Waals surface area contributed by atoms with Gasteiger partial charge in [-0.05, 0) is 41.5 Å². The molecule has 1 aliphatic rings. The topological polar surface area (TPSA) is 119 Å². The third kappa shape index (κ3) is 5.78. The van der Waals surface area contributed by atoms with Crippen molar-refractivity contribution >= 4 is 28.4 Å². The van der Waals surface area contributed by atoms with E-state index in [-0.39, 0.29) is 37.6 Å². The monoisotopic (exact) mass is 616 g/mol. The molecule has 0 unspecified atom stereocenters. The fourth-order valence-corrected chi connectivity index (χ4v) is 6.09. The lowest BCUT2D eigenvalue weighted by atomic mass is 9.83. The Morgan fingerprint density at radius 2 is 1.61 bits per heavy atom. The maximum atomic E-state index is 13.9. The van der Waals surface area contributed by atoms with E-state index in [9.17, 15) is 24.6 Å². The normalized spacial score (nSPS) is 16.7. The van der Waals surface area contributed by atoms with Crippen molar-refractivity contribution in [1.82, 2.24) is 14.7 Å². The van der Waals surface area contributed by atoms with Gasteiger partial charge in [-0.1, -0.05) is 91.9 Å². The Morgan fingerprint density at radius 3 is 2.35 bits per heavy atom. The molecule has 2 atom stereocenters. The molecular weight excluding hydrogens is 580 g/mol. The van der Waals surface area contributed by atoms with Crippen LogP contribution in [0.3, 0.4) is 0 Å². The van der Waals surface area contributed by atoms with E-state index >= 15 is 0 Å². The van der Waals surface area contributed by atoms with Gasteiger partial charge in [-0.3, -0.25) is 19.5 Å². The van der Waals surface area contributed by atoms with Crippen LogP contribution >= 0.6 is 0 Å². The summed E-state index contributed by atoms with van der Waals surface area (Å²) in [4.78, 5) is 43.0. The molecule has 234 valence electrons. The molecule has 5 aromatic rings. The minimum absolute atomic E-state index is 0.0681. The lowest BCUT2D eigenvalue weighted by molar-refractivity contribution is -0.139. The van der Waals surface area contributed by atoms with Crippen molar-refractivity contribution in [2.75, 3.05) is 18.1 Å². The van der Waals surface area contributed by atoms with Gasteiger partial charge in [0.05, 0.1) is 35.4 Å². The minimum atomic E-state index is -1.82. The lowest BCUT2D eigenvalue weighted by Gasteiger charge is -2.28. The van der Waals surface area contributed by atoms with E-state index < -0.39 is 17.4 Å². The SMILES string of the molecule is C[C@@H](/C=C/CC(=O)N(CCO)Cc1ccccc1)[C@]1(O)C(=O)N(Cc2ccc(-n3[nH]c4ccccc4c3=O)cc2)c2ccccc21. The molecule has 0 fully saturated rings. The van der Waals surface area contributed by atoms with Gasteiger partial charge in [0.2, 0.25) is 5.91 Å². The van der Waals surface area contributed by atoms with Crippen LogP contribution in [0.4, 0.5) is 5.69 Å². The van der Waals surface area contributed by atoms with Gasteiger partial charge in [0.25, 0.3) is 11.5 Å². The van der Waals surface area contributed by atoms with E-state index in [4.69, 9.17) is 0 Å². The largest absolute Gasteiger partial charge is 0.395 e. The zero-order valence-electron chi connectivity index (χ0n) is 25.5. The van der Waals surface area contributed by atoms with Crippen LogP contribution in [0.1, 0.15) is 30.0 Å². The van der Waals surface area contributed by atoms with Crippen LogP contribution in [0.2, 0.25) is 0 Å². The predicted octanol–water partition coefficient (Wildman–Crippen LogP) is 4.66. The standard InChI is InChI=1S/C37H36N4O5/c1-26(10-9-17-34(43)39(22-23-42)24-27-11-3-2-4-12-27)37(46)31-14-6-8-16-33(31)40(36(37)45)25-28-18-20-29(21-19-28)41-35(44)30-13-5-7-15-32(30)38-41/h2-16,18-21,26,38,42,46H,17,22-25H2,1H3/b10-9+/t26-,37+/m0/s1. The van der Waals surface area contributed by atoms with Crippen LogP contribution in [0, 0.1) is 5.92 Å². The molecule has 0 bridgehead atoms. The molecule has 6 rings (SSSR count). The zero-order chi connectivity index (χ0) is 32.3. The number of aromatic amines is 1. The second-order valence-corrected chi connectivity index (χ2v) is 11.6. The van der Waals surface area contributed by atoms with E-state index in [1.165, 1.54) is 4.68 Å². The number of H-pyrrole nitrogens is 1. The number of anilines is 1. The van der Waals surface area contributed by atoms with Gasteiger partial charge in [0.15, 0.2) is 5.60 Å². The van der Waals surface area contributed by atoms with Crippen LogP contribution < -0.4 is 10.5 Å². The molecule has 1 aliphatic heterocycles. The van der Waals surface area contributed by atoms with Crippen molar-refractivity contribution in [1.29, 1.82) is 0 Å². The number of hydrogen-bond acceptors (Lipinski definition) is 5. The van der Waals surface area contributed by atoms with E-state index in [1.54, 1.807) is 47.1 Å². The van der Waals surface area contributed by atoms with Crippen LogP contribution in [-0.4, -0.2) is 49.9 Å². The highest BCUT2D eigenvalue weighted by Crippen LogP contribution is 2.45. The smallest absolute Gasteiger partial charge is 0.279 e. The fraction of sp³-hybridized carbons (Fsp3) is 0.216. The molecule has 1 aromatic heterocycles. The summed E-state index contributed by atoms with van der Waals surface area (Å²) in [6.45, 7) is 2.44. The number of aliphatic hydroxyl groups is 2. The van der Waals surface area contributed by atoms with Gasteiger partial charge in [-0.25, -0.2) is 4.68 Å². The second-order valence-electron chi connectivity index (χ2n) is 11.6. The first-order valence-corrected chi connectivity index (χ1v) is 15.3. The summed E-state index contributed by atoms with van der Waals surface area (Å²) in [6.07, 6.45) is 3.46. The number of carbonyl (C=O) groups is 2. The first kappa shape index (κ1) is 30.8. The second kappa shape index (κ2) is 13.0. The van der Waals surface area contributed by atoms with Crippen molar-refractivity contribution in [2.24, 2.45) is 5.92 Å². The molecule has 0 saturated heterocycles. The molecule has 9 heteroatoms. The van der Waals surface area contributed by atoms with Gasteiger partial charge in [0.1, 0.15) is 0 Å². The zero-order valence-corrected chi connectivity index (χ0v) is 25.5. The molecule has 4 aromatic carbocycles. The van der Waals surface area contributed by atoms with E-state index in [0.29, 0.717) is 28.9 Å². The summed E-state index contributed by atoms with van der Waals surface area (Å²) in [5, 5.41) is 25.2. The summed E-state index contributed by atoms with van der Waals surface area (Å²) in [5.74, 6) is -1.24. The Hall–Kier alpha value is -5.25. The van der Waals surface area contributed by atoms with Gasteiger partial charge >= 0.3 is 0 Å². The summed E-state index contributed by atoms with van der Waals surface area (Å²) < 4.78 is 1.49. The average Bonchev–Trinajstić information content (AvgIpc) is 3.53. The number of aliphatic hydroxyl groups excluding tert-OH is 1. The minimum Gasteiger partial charge on any atom is -0.395 e. The van der Waals surface area contributed by atoms with Crippen LogP contribution in [0.5, 0.6) is 0 Å². The molecule has 0 radical (unpaired) electrons. The predicted molar refractivity (Wildman–Crippen MR) is 177 cm³/mol. The van der Waals surface area contributed by atoms with Gasteiger partial charge in [0, 0.05) is 31.0 Å². The number of benzene rings is 4. The van der Waals surface area contributed by atoms with Crippen molar-refractivity contribution in [3.8, 4) is 5.69 Å². The number of hydrogen-bond donors (Lipinski definition) is 3. The number of rotatable bonds is 11. The Bertz CT molecular complexity index is 1950. The number of nitrogens with one attached hydrogen (secondary N) is 1. The van der Waals surface area contributed by atoms with E-state index in [0.717, 1.165) is 16.6 Å². The third-order valence-corrected chi connectivity index (χ3v) is 8.62. The van der Waals surface area contributed by atoms with Crippen LogP contribution in [-0.2, 0) is 28.3 Å². The van der Waals surface area contributed by atoms with E-state index in [1.807, 2.05) is 84.9 Å². The third-order valence-electron chi connectivity index (χ3n) is 8.62. The first-order chi connectivity index (χ1) is 22.3. The Kier molecular flexibility index (Phi) is 8.70. The van der Waals surface area contributed by atoms with Crippen LogP contribution in [0.25, 0.3) is 16.6 Å². The highest BCUT2D eigenvalue weighted by atomic mass is 16.3. The molecule has 3 N–H and O–H groups in total. The highest BCUT2D eigenvalue weighted by molar-refractivity contribution is 6.07. The van der Waals surface area contributed by atoms with Crippen molar-refractivity contribution in [3.63, 3.8) is 0 Å². The quantitative estimate of drug-likeness (QED) is 0.187. The summed E-state index contributed by atoms with van der Waals surface area (Å²) in [6, 6.07) is 31.5. The number of nitrogens with zero attached hydrogens (tertiary/aromatic N) is 3. The molecule has 2 heterocycles. The molecule has 46 heavy (non-hydrogen) atoms. The Balaban J connectivity index is 1.17. The maximum absolute atomic E-state index is 13.9. The van der Waals surface area contributed by atoms with Gasteiger partial charge in [-0.2, -0.15) is 0 Å². The van der Waals surface area contributed by atoms with Crippen molar-refractivity contribution < 1.29 is 19.8 Å². The van der Waals surface area contributed by atoms with Crippen molar-refractivity contribution in [2.45, 2.75) is 32.0 Å². The molecule has 0 saturated carbocycles. The van der Waals surface area contributed by atoms with Crippen LogP contribution in [0.15, 0.2) is 120 Å². The first-order valence-electron chi connectivity index (χ1n) is 15.3. The van der Waals surface area contributed by atoms with Crippen molar-refractivity contribution in [3.05, 3.63) is 142 Å². The van der Waals surface area contributed by atoms with Gasteiger partial charge in [-0.15, -0.1) is 0 Å². The molecular formula is C37H36N4O5. The Labute approximate surface area is 266 Å². The molecule has 0 aliphatic carbocycles. The lowest BCUT2D eigenvalue weighted by Crippen LogP contribution is -2.44. The Morgan fingerprint density at radius 1 is 0.913 bits per heavy atom. The number of fused-ring (bicyclic) bond motifs is 2. The fourth-order valence-electron chi connectivity index (χ4n) is 6.09. The molecule has 2 amide bonds. The highest BCUT2D eigenvalue weighted by Gasteiger charge is 2.52. The summed E-state index contributed by atoms with van der Waals surface area (Å²) >= 11 is 0. The maximum Gasteiger partial charge on any atom is 0.279 e. The number of amides is 2. The molecule has 0 spiro atoms. The van der Waals surface area contributed by atoms with Gasteiger partial charge < -0.3 is 20.0 Å². The summed E-state index contributed by atoms with van der Waals surface area (Å²) in [5.41, 5.74) is 2.39. The number of carbonyl (C=O) groups excluding carboxylic acids is 2. The average molecular weight is 617 g/mol. The number of para-hydroxylation sites is 2. The molecule has 9 nitrogen and oxygen atoms in total.